The molecule has 4 N–H and O–H groups in total. The molecule has 0 fully saturated rings. The van der Waals surface area contributed by atoms with E-state index in [9.17, 15) is 14.4 Å². The zero-order valence-corrected chi connectivity index (χ0v) is 12.6. The zero-order chi connectivity index (χ0) is 15.8. The summed E-state index contributed by atoms with van der Waals surface area (Å²) >= 11 is 0. The van der Waals surface area contributed by atoms with Crippen molar-refractivity contribution in [3.63, 3.8) is 0 Å². The molecule has 0 aliphatic carbocycles. The Hall–Kier alpha value is -1.79. The molecule has 0 atom stereocenters. The van der Waals surface area contributed by atoms with Crippen molar-refractivity contribution in [2.24, 2.45) is 5.92 Å². The lowest BCUT2D eigenvalue weighted by Gasteiger charge is -2.25. The maximum absolute atomic E-state index is 11.6. The van der Waals surface area contributed by atoms with E-state index < -0.39 is 17.5 Å². The second-order valence-corrected chi connectivity index (χ2v) is 5.78. The first-order valence-electron chi connectivity index (χ1n) is 6.67. The molecular weight excluding hydrogens is 262 g/mol. The van der Waals surface area contributed by atoms with E-state index >= 15 is 0 Å². The molecule has 0 heterocycles. The monoisotopic (exact) mass is 287 g/mol. The lowest BCUT2D eigenvalue weighted by molar-refractivity contribution is -0.137. The van der Waals surface area contributed by atoms with Gasteiger partial charge in [-0.2, -0.15) is 0 Å². The Labute approximate surface area is 119 Å². The van der Waals surface area contributed by atoms with Crippen LogP contribution in [0.1, 0.15) is 40.5 Å². The Kier molecular flexibility index (Phi) is 7.64. The summed E-state index contributed by atoms with van der Waals surface area (Å²) in [5, 5.41) is 16.4. The van der Waals surface area contributed by atoms with Crippen molar-refractivity contribution in [1.82, 2.24) is 16.0 Å². The van der Waals surface area contributed by atoms with Crippen LogP contribution in [-0.2, 0) is 9.59 Å². The summed E-state index contributed by atoms with van der Waals surface area (Å²) < 4.78 is 0. The summed E-state index contributed by atoms with van der Waals surface area (Å²) in [4.78, 5) is 33.5. The summed E-state index contributed by atoms with van der Waals surface area (Å²) in [6, 6.07) is -0.486. The quantitative estimate of drug-likeness (QED) is 0.527. The molecule has 0 saturated carbocycles. The van der Waals surface area contributed by atoms with E-state index in [1.165, 1.54) is 0 Å². The first kappa shape index (κ1) is 18.2. The van der Waals surface area contributed by atoms with E-state index in [2.05, 4.69) is 16.0 Å². The molecule has 0 unspecified atom stereocenters. The summed E-state index contributed by atoms with van der Waals surface area (Å²) in [6.07, 6.45) is 0.289. The molecule has 0 radical (unpaired) electrons. The number of urea groups is 1. The molecule has 7 nitrogen and oxygen atoms in total. The molecular formula is C13H25N3O4. The van der Waals surface area contributed by atoms with Gasteiger partial charge in [-0.3, -0.25) is 9.59 Å². The molecule has 0 aromatic rings. The number of aliphatic carboxylic acids is 1. The van der Waals surface area contributed by atoms with Gasteiger partial charge in [-0.05, 0) is 26.2 Å². The molecule has 0 aliphatic rings. The predicted octanol–water partition coefficient (Wildman–Crippen LogP) is 0.701. The SMILES string of the molecule is CC(C)CNC(=O)CNC(=O)NC(C)(C)CCC(=O)O. The number of carbonyl (C=O) groups excluding carboxylic acids is 2. The second-order valence-electron chi connectivity index (χ2n) is 5.78. The van der Waals surface area contributed by atoms with Crippen LogP contribution in [0, 0.1) is 5.92 Å². The molecule has 7 heteroatoms. The number of carboxylic acid groups (broad SMARTS) is 1. The third kappa shape index (κ3) is 10.2. The third-order valence-electron chi connectivity index (χ3n) is 2.53. The highest BCUT2D eigenvalue weighted by Crippen LogP contribution is 2.10. The number of carboxylic acids is 1. The maximum atomic E-state index is 11.6. The van der Waals surface area contributed by atoms with Crippen LogP contribution in [0.5, 0.6) is 0 Å². The number of carbonyl (C=O) groups is 3. The Morgan fingerprint density at radius 2 is 1.75 bits per heavy atom. The first-order chi connectivity index (χ1) is 9.12. The Balaban J connectivity index is 3.97. The predicted molar refractivity (Wildman–Crippen MR) is 75.3 cm³/mol. The minimum Gasteiger partial charge on any atom is -0.481 e. The number of hydrogen-bond donors (Lipinski definition) is 4. The summed E-state index contributed by atoms with van der Waals surface area (Å²) in [5.74, 6) is -0.812. The van der Waals surface area contributed by atoms with E-state index in [1.54, 1.807) is 13.8 Å². The van der Waals surface area contributed by atoms with Crippen molar-refractivity contribution in [2.45, 2.75) is 46.1 Å². The third-order valence-corrected chi connectivity index (χ3v) is 2.53. The smallest absolute Gasteiger partial charge is 0.315 e. The normalized spacial score (nSPS) is 11.1. The number of rotatable bonds is 8. The van der Waals surface area contributed by atoms with Crippen LogP contribution in [0.25, 0.3) is 0 Å². The molecule has 20 heavy (non-hydrogen) atoms. The number of hydrogen-bond acceptors (Lipinski definition) is 3. The van der Waals surface area contributed by atoms with Crippen molar-refractivity contribution in [3.8, 4) is 0 Å². The fourth-order valence-corrected chi connectivity index (χ4v) is 1.37. The van der Waals surface area contributed by atoms with Gasteiger partial charge < -0.3 is 21.1 Å². The van der Waals surface area contributed by atoms with Crippen LogP contribution >= 0.6 is 0 Å². The van der Waals surface area contributed by atoms with Gasteiger partial charge in [-0.15, -0.1) is 0 Å². The van der Waals surface area contributed by atoms with E-state index in [0.717, 1.165) is 0 Å². The molecule has 0 spiro atoms. The van der Waals surface area contributed by atoms with Crippen LogP contribution in [-0.4, -0.2) is 41.6 Å². The standard InChI is InChI=1S/C13H25N3O4/c1-9(2)7-14-10(17)8-15-12(20)16-13(3,4)6-5-11(18)19/h9H,5-8H2,1-4H3,(H,14,17)(H,18,19)(H2,15,16,20). The van der Waals surface area contributed by atoms with Gasteiger partial charge in [0, 0.05) is 18.5 Å². The zero-order valence-electron chi connectivity index (χ0n) is 12.6. The van der Waals surface area contributed by atoms with Gasteiger partial charge in [-0.25, -0.2) is 4.79 Å². The highest BCUT2D eigenvalue weighted by molar-refractivity contribution is 5.84. The van der Waals surface area contributed by atoms with Gasteiger partial charge in [-0.1, -0.05) is 13.8 Å². The largest absolute Gasteiger partial charge is 0.481 e. The summed E-state index contributed by atoms with van der Waals surface area (Å²) in [6.45, 7) is 7.87. The fourth-order valence-electron chi connectivity index (χ4n) is 1.37. The van der Waals surface area contributed by atoms with Crippen molar-refractivity contribution >= 4 is 17.9 Å². The topological polar surface area (TPSA) is 108 Å². The van der Waals surface area contributed by atoms with Crippen molar-refractivity contribution in [1.29, 1.82) is 0 Å². The molecule has 0 rings (SSSR count). The second kappa shape index (κ2) is 8.39. The minimum absolute atomic E-state index is 0.0256. The van der Waals surface area contributed by atoms with E-state index in [4.69, 9.17) is 5.11 Å². The lowest BCUT2D eigenvalue weighted by Crippen LogP contribution is -2.50. The van der Waals surface area contributed by atoms with Gasteiger partial charge in [0.2, 0.25) is 5.91 Å². The molecule has 0 aliphatic heterocycles. The van der Waals surface area contributed by atoms with E-state index in [-0.39, 0.29) is 18.9 Å². The van der Waals surface area contributed by atoms with Gasteiger partial charge in [0.05, 0.1) is 6.54 Å². The highest BCUT2D eigenvalue weighted by atomic mass is 16.4. The van der Waals surface area contributed by atoms with Crippen molar-refractivity contribution < 1.29 is 19.5 Å². The van der Waals surface area contributed by atoms with E-state index in [1.807, 2.05) is 13.8 Å². The molecule has 0 aromatic carbocycles. The Morgan fingerprint density at radius 3 is 2.25 bits per heavy atom. The van der Waals surface area contributed by atoms with Crippen molar-refractivity contribution in [2.75, 3.05) is 13.1 Å². The fraction of sp³-hybridized carbons (Fsp3) is 0.769. The average Bonchev–Trinajstić information content (AvgIpc) is 2.31. The summed E-state index contributed by atoms with van der Waals surface area (Å²) in [7, 11) is 0. The highest BCUT2D eigenvalue weighted by Gasteiger charge is 2.21. The molecule has 116 valence electrons. The van der Waals surface area contributed by atoms with Gasteiger partial charge in [0.25, 0.3) is 0 Å². The number of amides is 3. The van der Waals surface area contributed by atoms with E-state index in [0.29, 0.717) is 18.9 Å². The van der Waals surface area contributed by atoms with Gasteiger partial charge >= 0.3 is 12.0 Å². The van der Waals surface area contributed by atoms with Gasteiger partial charge in [0.15, 0.2) is 0 Å². The van der Waals surface area contributed by atoms with Gasteiger partial charge in [0.1, 0.15) is 0 Å². The Morgan fingerprint density at radius 1 is 1.15 bits per heavy atom. The molecule has 0 aromatic heterocycles. The van der Waals surface area contributed by atoms with Crippen LogP contribution in [0.15, 0.2) is 0 Å². The average molecular weight is 287 g/mol. The number of nitrogens with one attached hydrogen (secondary N) is 3. The van der Waals surface area contributed by atoms with Crippen LogP contribution in [0.4, 0.5) is 4.79 Å². The van der Waals surface area contributed by atoms with Crippen LogP contribution in [0.2, 0.25) is 0 Å². The van der Waals surface area contributed by atoms with Crippen LogP contribution < -0.4 is 16.0 Å². The lowest BCUT2D eigenvalue weighted by atomic mass is 9.99. The van der Waals surface area contributed by atoms with Crippen LogP contribution in [0.3, 0.4) is 0 Å². The first-order valence-corrected chi connectivity index (χ1v) is 6.67. The summed E-state index contributed by atoms with van der Waals surface area (Å²) in [5.41, 5.74) is -0.642. The molecule has 0 saturated heterocycles. The van der Waals surface area contributed by atoms with Crippen molar-refractivity contribution in [3.05, 3.63) is 0 Å². The molecule has 0 bridgehead atoms. The minimum atomic E-state index is -0.909. The Bertz CT molecular complexity index is 354. The maximum Gasteiger partial charge on any atom is 0.315 e. The molecule has 3 amide bonds.